The average Bonchev–Trinajstić information content (AvgIpc) is 2.18. The van der Waals surface area contributed by atoms with Gasteiger partial charge in [0, 0.05) is 5.88 Å². The van der Waals surface area contributed by atoms with Crippen LogP contribution in [0, 0.1) is 0 Å². The molecule has 2 N–H and O–H groups in total. The Kier molecular flexibility index (Phi) is 3.92. The van der Waals surface area contributed by atoms with Gasteiger partial charge in [-0.3, -0.25) is 0 Å². The van der Waals surface area contributed by atoms with Gasteiger partial charge in [-0.1, -0.05) is 0 Å². The molecule has 3 nitrogen and oxygen atoms in total. The SMILES string of the molecule is COc1ccc(OC)c(SCN)c1. The number of ether oxygens (including phenoxy) is 2. The third-order valence-corrected chi connectivity index (χ3v) is 2.41. The van der Waals surface area contributed by atoms with Gasteiger partial charge in [0.2, 0.25) is 0 Å². The summed E-state index contributed by atoms with van der Waals surface area (Å²) in [6.45, 7) is 0. The van der Waals surface area contributed by atoms with E-state index in [4.69, 9.17) is 15.2 Å². The van der Waals surface area contributed by atoms with Crippen LogP contribution in [-0.2, 0) is 0 Å². The van der Waals surface area contributed by atoms with Crippen molar-refractivity contribution in [3.8, 4) is 11.5 Å². The van der Waals surface area contributed by atoms with Crippen LogP contribution in [0.25, 0.3) is 0 Å². The van der Waals surface area contributed by atoms with Gasteiger partial charge < -0.3 is 15.2 Å². The predicted molar refractivity (Wildman–Crippen MR) is 54.5 cm³/mol. The van der Waals surface area contributed by atoms with Crippen molar-refractivity contribution in [3.63, 3.8) is 0 Å². The van der Waals surface area contributed by atoms with Gasteiger partial charge in [0.15, 0.2) is 0 Å². The zero-order valence-corrected chi connectivity index (χ0v) is 8.56. The van der Waals surface area contributed by atoms with E-state index in [1.54, 1.807) is 14.2 Å². The molecule has 1 rings (SSSR count). The molecule has 0 saturated heterocycles. The predicted octanol–water partition coefficient (Wildman–Crippen LogP) is 1.71. The van der Waals surface area contributed by atoms with Crippen LogP contribution >= 0.6 is 11.8 Å². The van der Waals surface area contributed by atoms with Crippen molar-refractivity contribution in [2.75, 3.05) is 20.1 Å². The number of hydrogen-bond donors (Lipinski definition) is 1. The van der Waals surface area contributed by atoms with Crippen LogP contribution in [0.1, 0.15) is 0 Å². The molecule has 0 fully saturated rings. The molecule has 0 unspecified atom stereocenters. The Bertz CT molecular complexity index is 278. The van der Waals surface area contributed by atoms with E-state index in [9.17, 15) is 0 Å². The first-order valence-corrected chi connectivity index (χ1v) is 4.85. The Morgan fingerprint density at radius 1 is 1.31 bits per heavy atom. The second kappa shape index (κ2) is 4.99. The van der Waals surface area contributed by atoms with E-state index in [-0.39, 0.29) is 0 Å². The number of hydrogen-bond acceptors (Lipinski definition) is 4. The zero-order chi connectivity index (χ0) is 9.68. The van der Waals surface area contributed by atoms with Crippen molar-refractivity contribution < 1.29 is 9.47 Å². The highest BCUT2D eigenvalue weighted by Gasteiger charge is 2.03. The minimum atomic E-state index is 0.531. The van der Waals surface area contributed by atoms with Gasteiger partial charge in [0.05, 0.1) is 19.1 Å². The second-order valence-electron chi connectivity index (χ2n) is 2.33. The molecular formula is C9H13NO2S. The topological polar surface area (TPSA) is 44.5 Å². The monoisotopic (exact) mass is 199 g/mol. The van der Waals surface area contributed by atoms with Crippen LogP contribution in [0.3, 0.4) is 0 Å². The van der Waals surface area contributed by atoms with E-state index in [1.807, 2.05) is 18.2 Å². The lowest BCUT2D eigenvalue weighted by atomic mass is 10.3. The third kappa shape index (κ3) is 2.54. The molecule has 0 radical (unpaired) electrons. The van der Waals surface area contributed by atoms with Gasteiger partial charge in [-0.25, -0.2) is 0 Å². The van der Waals surface area contributed by atoms with Gasteiger partial charge >= 0.3 is 0 Å². The molecule has 0 aliphatic rings. The van der Waals surface area contributed by atoms with Crippen molar-refractivity contribution in [3.05, 3.63) is 18.2 Å². The molecule has 1 aromatic rings. The van der Waals surface area contributed by atoms with Crippen LogP contribution in [0.4, 0.5) is 0 Å². The third-order valence-electron chi connectivity index (χ3n) is 1.61. The number of rotatable bonds is 4. The lowest BCUT2D eigenvalue weighted by Crippen LogP contribution is -1.94. The molecule has 0 amide bonds. The molecule has 0 aromatic heterocycles. The first kappa shape index (κ1) is 10.2. The van der Waals surface area contributed by atoms with Crippen LogP contribution < -0.4 is 15.2 Å². The summed E-state index contributed by atoms with van der Waals surface area (Å²) in [4.78, 5) is 1.00. The van der Waals surface area contributed by atoms with Crippen LogP contribution in [0.5, 0.6) is 11.5 Å². The van der Waals surface area contributed by atoms with Gasteiger partial charge in [-0.2, -0.15) is 0 Å². The molecule has 0 saturated carbocycles. The summed E-state index contributed by atoms with van der Waals surface area (Å²) in [6.07, 6.45) is 0. The Morgan fingerprint density at radius 2 is 2.08 bits per heavy atom. The second-order valence-corrected chi connectivity index (χ2v) is 3.39. The molecule has 0 bridgehead atoms. The van der Waals surface area contributed by atoms with Crippen molar-refractivity contribution in [2.24, 2.45) is 5.73 Å². The maximum absolute atomic E-state index is 5.44. The first-order chi connectivity index (χ1) is 6.31. The Morgan fingerprint density at radius 3 is 2.62 bits per heavy atom. The molecule has 0 aliphatic heterocycles. The van der Waals surface area contributed by atoms with Gasteiger partial charge in [-0.05, 0) is 18.2 Å². The number of nitrogens with two attached hydrogens (primary N) is 1. The van der Waals surface area contributed by atoms with E-state index in [0.29, 0.717) is 5.88 Å². The fourth-order valence-electron chi connectivity index (χ4n) is 0.987. The Balaban J connectivity index is 2.95. The molecule has 0 spiro atoms. The molecule has 72 valence electrons. The van der Waals surface area contributed by atoms with Crippen molar-refractivity contribution in [1.29, 1.82) is 0 Å². The molecular weight excluding hydrogens is 186 g/mol. The molecule has 0 aliphatic carbocycles. The minimum absolute atomic E-state index is 0.531. The van der Waals surface area contributed by atoms with Crippen molar-refractivity contribution in [1.82, 2.24) is 0 Å². The number of benzene rings is 1. The highest BCUT2D eigenvalue weighted by molar-refractivity contribution is 7.99. The minimum Gasteiger partial charge on any atom is -0.497 e. The fourth-order valence-corrected chi connectivity index (χ4v) is 1.66. The number of methoxy groups -OCH3 is 2. The standard InChI is InChI=1S/C9H13NO2S/c1-11-7-3-4-8(12-2)9(5-7)13-6-10/h3-5H,6,10H2,1-2H3. The highest BCUT2D eigenvalue weighted by atomic mass is 32.2. The molecule has 0 heterocycles. The maximum Gasteiger partial charge on any atom is 0.132 e. The Hall–Kier alpha value is -0.870. The highest BCUT2D eigenvalue weighted by Crippen LogP contribution is 2.31. The summed E-state index contributed by atoms with van der Waals surface area (Å²) >= 11 is 1.53. The van der Waals surface area contributed by atoms with Crippen molar-refractivity contribution in [2.45, 2.75) is 4.90 Å². The van der Waals surface area contributed by atoms with E-state index in [0.717, 1.165) is 16.4 Å². The number of thioether (sulfide) groups is 1. The largest absolute Gasteiger partial charge is 0.497 e. The smallest absolute Gasteiger partial charge is 0.132 e. The van der Waals surface area contributed by atoms with E-state index < -0.39 is 0 Å². The quantitative estimate of drug-likeness (QED) is 0.592. The lowest BCUT2D eigenvalue weighted by molar-refractivity contribution is 0.394. The van der Waals surface area contributed by atoms with Crippen LogP contribution in [0.15, 0.2) is 23.1 Å². The summed E-state index contributed by atoms with van der Waals surface area (Å²) in [7, 11) is 3.28. The fraction of sp³-hybridized carbons (Fsp3) is 0.333. The first-order valence-electron chi connectivity index (χ1n) is 3.86. The Labute approximate surface area is 82.2 Å². The molecule has 0 atom stereocenters. The summed E-state index contributed by atoms with van der Waals surface area (Å²) in [5, 5.41) is 0. The van der Waals surface area contributed by atoms with Gasteiger partial charge in [0.1, 0.15) is 11.5 Å². The van der Waals surface area contributed by atoms with Crippen LogP contribution in [-0.4, -0.2) is 20.1 Å². The summed E-state index contributed by atoms with van der Waals surface area (Å²) in [6, 6.07) is 5.65. The average molecular weight is 199 g/mol. The van der Waals surface area contributed by atoms with Gasteiger partial charge in [-0.15, -0.1) is 11.8 Å². The lowest BCUT2D eigenvalue weighted by Gasteiger charge is -2.08. The van der Waals surface area contributed by atoms with Crippen molar-refractivity contribution >= 4 is 11.8 Å². The summed E-state index contributed by atoms with van der Waals surface area (Å²) < 4.78 is 10.3. The maximum atomic E-state index is 5.44. The molecule has 1 aromatic carbocycles. The molecule has 4 heteroatoms. The summed E-state index contributed by atoms with van der Waals surface area (Å²) in [5.41, 5.74) is 5.44. The van der Waals surface area contributed by atoms with Gasteiger partial charge in [0.25, 0.3) is 0 Å². The zero-order valence-electron chi connectivity index (χ0n) is 7.74. The van der Waals surface area contributed by atoms with E-state index in [2.05, 4.69) is 0 Å². The van der Waals surface area contributed by atoms with E-state index in [1.165, 1.54) is 11.8 Å². The van der Waals surface area contributed by atoms with E-state index >= 15 is 0 Å². The normalized spacial score (nSPS) is 9.77. The molecule has 13 heavy (non-hydrogen) atoms. The van der Waals surface area contributed by atoms with Crippen LogP contribution in [0.2, 0.25) is 0 Å². The summed E-state index contributed by atoms with van der Waals surface area (Å²) in [5.74, 6) is 2.18.